The predicted octanol–water partition coefficient (Wildman–Crippen LogP) is 0.196. The Morgan fingerprint density at radius 3 is 2.82 bits per heavy atom. The molecule has 0 spiro atoms. The van der Waals surface area contributed by atoms with Crippen LogP contribution in [0.2, 0.25) is 0 Å². The first kappa shape index (κ1) is 12.1. The number of nitrogens with two attached hydrogens (primary N) is 1. The summed E-state index contributed by atoms with van der Waals surface area (Å²) < 4.78 is 27.0. The summed E-state index contributed by atoms with van der Waals surface area (Å²) >= 11 is 1.38. The molecular weight excluding hydrogens is 264 g/mol. The molecule has 0 fully saturated rings. The molecule has 0 unspecified atom stereocenters. The van der Waals surface area contributed by atoms with Gasteiger partial charge in [0.05, 0.1) is 0 Å². The molecule has 0 radical (unpaired) electrons. The molecule has 0 aliphatic carbocycles. The topological polar surface area (TPSA) is 112 Å². The van der Waals surface area contributed by atoms with Gasteiger partial charge in [0.25, 0.3) is 5.89 Å². The Hall–Kier alpha value is -1.32. The van der Waals surface area contributed by atoms with Crippen LogP contribution in [0.1, 0.15) is 10.8 Å². The zero-order chi connectivity index (χ0) is 12.5. The van der Waals surface area contributed by atoms with Crippen LogP contribution >= 0.6 is 11.3 Å². The van der Waals surface area contributed by atoms with Gasteiger partial charge in [0.2, 0.25) is 0 Å². The van der Waals surface area contributed by atoms with E-state index in [1.165, 1.54) is 11.3 Å². The maximum Gasteiger partial charge on any atom is 0.277 e. The lowest BCUT2D eigenvalue weighted by Crippen LogP contribution is -2.02. The molecule has 0 aliphatic rings. The van der Waals surface area contributed by atoms with Crippen molar-refractivity contribution in [2.45, 2.75) is 12.3 Å². The molecule has 0 bridgehead atoms. The van der Waals surface area contributed by atoms with Gasteiger partial charge in [0, 0.05) is 18.2 Å². The predicted molar refractivity (Wildman–Crippen MR) is 61.8 cm³/mol. The van der Waals surface area contributed by atoms with Crippen LogP contribution in [0.15, 0.2) is 9.90 Å². The zero-order valence-electron chi connectivity index (χ0n) is 8.95. The van der Waals surface area contributed by atoms with Gasteiger partial charge in [-0.25, -0.2) is 13.4 Å². The van der Waals surface area contributed by atoms with E-state index in [4.69, 9.17) is 10.3 Å². The standard InChI is InChI=1S/C8H10N4O3S2/c1-17(13,14)4-6-11-8(15-12-6)5-3-16-7(2-9)10-5/h3H,2,4,9H2,1H3. The minimum Gasteiger partial charge on any atom is -0.332 e. The van der Waals surface area contributed by atoms with Gasteiger partial charge in [-0.15, -0.1) is 11.3 Å². The monoisotopic (exact) mass is 274 g/mol. The van der Waals surface area contributed by atoms with Gasteiger partial charge in [-0.2, -0.15) is 4.98 Å². The van der Waals surface area contributed by atoms with Crippen molar-refractivity contribution >= 4 is 21.2 Å². The Labute approximate surface area is 102 Å². The average molecular weight is 274 g/mol. The molecule has 0 aromatic carbocycles. The summed E-state index contributed by atoms with van der Waals surface area (Å²) in [5.74, 6) is 0.0918. The van der Waals surface area contributed by atoms with Crippen molar-refractivity contribution in [2.24, 2.45) is 5.73 Å². The van der Waals surface area contributed by atoms with Crippen molar-refractivity contribution in [3.8, 4) is 11.6 Å². The highest BCUT2D eigenvalue weighted by Gasteiger charge is 2.15. The minimum atomic E-state index is -3.17. The van der Waals surface area contributed by atoms with Gasteiger partial charge in [-0.3, -0.25) is 0 Å². The molecule has 0 saturated heterocycles. The maximum atomic E-state index is 11.0. The summed E-state index contributed by atoms with van der Waals surface area (Å²) in [6.07, 6.45) is 1.11. The van der Waals surface area contributed by atoms with E-state index in [0.717, 1.165) is 11.3 Å². The molecule has 17 heavy (non-hydrogen) atoms. The highest BCUT2D eigenvalue weighted by atomic mass is 32.2. The minimum absolute atomic E-state index is 0.129. The second-order valence-electron chi connectivity index (χ2n) is 3.42. The van der Waals surface area contributed by atoms with Crippen LogP contribution in [0.4, 0.5) is 0 Å². The number of nitrogens with zero attached hydrogens (tertiary/aromatic N) is 3. The molecule has 7 nitrogen and oxygen atoms in total. The normalized spacial score (nSPS) is 11.9. The Morgan fingerprint density at radius 1 is 1.47 bits per heavy atom. The van der Waals surface area contributed by atoms with Gasteiger partial charge >= 0.3 is 0 Å². The lowest BCUT2D eigenvalue weighted by molar-refractivity contribution is 0.423. The van der Waals surface area contributed by atoms with Gasteiger partial charge in [0.1, 0.15) is 16.5 Å². The molecule has 2 aromatic rings. The molecule has 2 heterocycles. The maximum absolute atomic E-state index is 11.0. The zero-order valence-corrected chi connectivity index (χ0v) is 10.6. The fourth-order valence-electron chi connectivity index (χ4n) is 1.15. The average Bonchev–Trinajstić information content (AvgIpc) is 2.82. The van der Waals surface area contributed by atoms with E-state index in [0.29, 0.717) is 12.2 Å². The molecule has 0 amide bonds. The van der Waals surface area contributed by atoms with Crippen LogP contribution in [-0.4, -0.2) is 29.8 Å². The molecule has 0 aliphatic heterocycles. The third-order valence-corrected chi connectivity index (χ3v) is 3.46. The SMILES string of the molecule is CS(=O)(=O)Cc1noc(-c2csc(CN)n2)n1. The number of hydrogen-bond acceptors (Lipinski definition) is 8. The van der Waals surface area contributed by atoms with E-state index in [1.807, 2.05) is 0 Å². The van der Waals surface area contributed by atoms with Crippen molar-refractivity contribution in [3.63, 3.8) is 0 Å². The van der Waals surface area contributed by atoms with Crippen molar-refractivity contribution in [3.05, 3.63) is 16.2 Å². The van der Waals surface area contributed by atoms with E-state index in [2.05, 4.69) is 15.1 Å². The summed E-state index contributed by atoms with van der Waals surface area (Å²) in [6, 6.07) is 0. The Balaban J connectivity index is 2.23. The molecule has 2 aromatic heterocycles. The van der Waals surface area contributed by atoms with Crippen molar-refractivity contribution in [1.82, 2.24) is 15.1 Å². The van der Waals surface area contributed by atoms with Crippen LogP contribution in [-0.2, 0) is 22.1 Å². The van der Waals surface area contributed by atoms with Crippen molar-refractivity contribution in [1.29, 1.82) is 0 Å². The summed E-state index contributed by atoms with van der Waals surface area (Å²) in [7, 11) is -3.17. The summed E-state index contributed by atoms with van der Waals surface area (Å²) in [4.78, 5) is 8.12. The van der Waals surface area contributed by atoms with Gasteiger partial charge in [0.15, 0.2) is 15.7 Å². The van der Waals surface area contributed by atoms with Crippen molar-refractivity contribution < 1.29 is 12.9 Å². The summed E-state index contributed by atoms with van der Waals surface area (Å²) in [5.41, 5.74) is 5.95. The smallest absolute Gasteiger partial charge is 0.277 e. The van der Waals surface area contributed by atoms with E-state index >= 15 is 0 Å². The van der Waals surface area contributed by atoms with Crippen LogP contribution in [0, 0.1) is 0 Å². The quantitative estimate of drug-likeness (QED) is 0.847. The Kier molecular flexibility index (Phi) is 3.22. The first-order valence-corrected chi connectivity index (χ1v) is 7.57. The van der Waals surface area contributed by atoms with Gasteiger partial charge in [-0.1, -0.05) is 5.16 Å². The Morgan fingerprint density at radius 2 is 2.24 bits per heavy atom. The lowest BCUT2D eigenvalue weighted by Gasteiger charge is -1.88. The van der Waals surface area contributed by atoms with Crippen LogP contribution in [0.25, 0.3) is 11.6 Å². The van der Waals surface area contributed by atoms with Crippen LogP contribution in [0.3, 0.4) is 0 Å². The van der Waals surface area contributed by atoms with E-state index < -0.39 is 9.84 Å². The van der Waals surface area contributed by atoms with Crippen molar-refractivity contribution in [2.75, 3.05) is 6.26 Å². The third-order valence-electron chi connectivity index (χ3n) is 1.80. The first-order chi connectivity index (χ1) is 7.98. The number of rotatable bonds is 4. The van der Waals surface area contributed by atoms with Gasteiger partial charge in [-0.05, 0) is 0 Å². The number of hydrogen-bond donors (Lipinski definition) is 1. The number of aromatic nitrogens is 3. The number of sulfone groups is 1. The largest absolute Gasteiger partial charge is 0.332 e. The first-order valence-electron chi connectivity index (χ1n) is 4.63. The Bertz CT molecular complexity index is 616. The lowest BCUT2D eigenvalue weighted by atomic mass is 10.5. The second-order valence-corrected chi connectivity index (χ2v) is 6.50. The molecule has 9 heteroatoms. The summed E-state index contributed by atoms with van der Waals surface area (Å²) in [5, 5.41) is 6.07. The van der Waals surface area contributed by atoms with Crippen LogP contribution in [0.5, 0.6) is 0 Å². The van der Waals surface area contributed by atoms with Gasteiger partial charge < -0.3 is 10.3 Å². The number of thiazole rings is 1. The third kappa shape index (κ3) is 3.08. The second kappa shape index (κ2) is 4.51. The van der Waals surface area contributed by atoms with Crippen LogP contribution < -0.4 is 5.73 Å². The van der Waals surface area contributed by atoms with E-state index in [-0.39, 0.29) is 17.5 Å². The fourth-order valence-corrected chi connectivity index (χ4v) is 2.39. The highest BCUT2D eigenvalue weighted by Crippen LogP contribution is 2.20. The molecule has 0 saturated carbocycles. The summed E-state index contributed by atoms with van der Waals surface area (Å²) in [6.45, 7) is 0.342. The molecular formula is C8H10N4O3S2. The molecule has 92 valence electrons. The fraction of sp³-hybridized carbons (Fsp3) is 0.375. The van der Waals surface area contributed by atoms with E-state index in [1.54, 1.807) is 5.38 Å². The molecule has 2 N–H and O–H groups in total. The van der Waals surface area contributed by atoms with E-state index in [9.17, 15) is 8.42 Å². The molecule has 2 rings (SSSR count). The highest BCUT2D eigenvalue weighted by molar-refractivity contribution is 7.89. The molecule has 0 atom stereocenters.